The molecule has 1 saturated heterocycles. The highest BCUT2D eigenvalue weighted by Crippen LogP contribution is 2.21. The average Bonchev–Trinajstić information content (AvgIpc) is 2.84. The normalized spacial score (nSPS) is 14.0. The summed E-state index contributed by atoms with van der Waals surface area (Å²) in [5, 5.41) is 14.3. The van der Waals surface area contributed by atoms with Crippen LogP contribution >= 0.6 is 0 Å². The number of benzene rings is 1. The van der Waals surface area contributed by atoms with E-state index < -0.39 is 29.3 Å². The van der Waals surface area contributed by atoms with E-state index >= 15 is 0 Å². The molecule has 2 heterocycles. The molecule has 0 unspecified atom stereocenters. The molecule has 34 heavy (non-hydrogen) atoms. The molecule has 0 atom stereocenters. The molecule has 2 aromatic rings. The lowest BCUT2D eigenvalue weighted by atomic mass is 9.92. The van der Waals surface area contributed by atoms with Gasteiger partial charge in [-0.05, 0) is 55.4 Å². The number of carbonyl (C=O) groups excluding carboxylic acids is 2. The van der Waals surface area contributed by atoms with Crippen molar-refractivity contribution in [2.75, 3.05) is 26.7 Å². The van der Waals surface area contributed by atoms with Crippen molar-refractivity contribution in [2.45, 2.75) is 32.2 Å². The van der Waals surface area contributed by atoms with Crippen molar-refractivity contribution < 1.29 is 23.9 Å². The number of aromatic nitrogens is 1. The van der Waals surface area contributed by atoms with Gasteiger partial charge in [-0.2, -0.15) is 0 Å². The molecule has 0 saturated carbocycles. The van der Waals surface area contributed by atoms with Gasteiger partial charge in [0.25, 0.3) is 17.4 Å². The van der Waals surface area contributed by atoms with Crippen LogP contribution in [0.15, 0.2) is 41.3 Å². The van der Waals surface area contributed by atoms with Crippen LogP contribution in [0.2, 0.25) is 0 Å². The summed E-state index contributed by atoms with van der Waals surface area (Å²) in [4.78, 5) is 50.2. The van der Waals surface area contributed by atoms with Crippen LogP contribution in [0, 0.1) is 11.7 Å². The summed E-state index contributed by atoms with van der Waals surface area (Å²) < 4.78 is 14.5. The molecule has 1 fully saturated rings. The van der Waals surface area contributed by atoms with Gasteiger partial charge < -0.3 is 25.2 Å². The zero-order valence-corrected chi connectivity index (χ0v) is 19.1. The molecule has 1 aliphatic heterocycles. The second kappa shape index (κ2) is 11.4. The van der Waals surface area contributed by atoms with Gasteiger partial charge >= 0.3 is 6.09 Å². The highest BCUT2D eigenvalue weighted by molar-refractivity contribution is 5.99. The Hall–Kier alpha value is -3.69. The number of nitrogens with zero attached hydrogens (tertiary/aromatic N) is 2. The van der Waals surface area contributed by atoms with Crippen molar-refractivity contribution in [1.82, 2.24) is 20.1 Å². The Morgan fingerprint density at radius 2 is 1.79 bits per heavy atom. The molecule has 182 valence electrons. The maximum absolute atomic E-state index is 13.2. The minimum atomic E-state index is -0.886. The Bertz CT molecular complexity index is 1090. The first-order chi connectivity index (χ1) is 16.3. The number of pyridine rings is 1. The van der Waals surface area contributed by atoms with Crippen LogP contribution in [-0.4, -0.2) is 59.2 Å². The second-order valence-electron chi connectivity index (χ2n) is 8.39. The number of carboxylic acid groups (broad SMARTS) is 1. The Morgan fingerprint density at radius 3 is 2.41 bits per heavy atom. The summed E-state index contributed by atoms with van der Waals surface area (Å²) in [6.07, 6.45) is 3.74. The minimum Gasteiger partial charge on any atom is -0.465 e. The molecular weight excluding hydrogens is 443 g/mol. The van der Waals surface area contributed by atoms with Gasteiger partial charge in [-0.15, -0.1) is 0 Å². The molecule has 0 bridgehead atoms. The van der Waals surface area contributed by atoms with E-state index in [9.17, 15) is 23.6 Å². The molecule has 3 rings (SSSR count). The molecule has 3 amide bonds. The molecule has 3 N–H and O–H groups in total. The Labute approximate surface area is 196 Å². The fraction of sp³-hybridized carbons (Fsp3) is 0.417. The molecule has 0 aliphatic carbocycles. The van der Waals surface area contributed by atoms with Crippen molar-refractivity contribution in [2.24, 2.45) is 5.92 Å². The number of halogens is 1. The number of hydrogen-bond donors (Lipinski definition) is 3. The third-order valence-corrected chi connectivity index (χ3v) is 6.05. The number of rotatable bonds is 8. The van der Waals surface area contributed by atoms with Crippen LogP contribution in [0.1, 0.15) is 52.0 Å². The number of carbonyl (C=O) groups is 3. The molecule has 10 heteroatoms. The molecular formula is C24H29FN4O5. The van der Waals surface area contributed by atoms with Crippen LogP contribution in [0.4, 0.5) is 9.18 Å². The van der Waals surface area contributed by atoms with E-state index in [1.165, 1.54) is 53.0 Å². The maximum Gasteiger partial charge on any atom is 0.407 e. The van der Waals surface area contributed by atoms with Crippen LogP contribution in [0.5, 0.6) is 0 Å². The average molecular weight is 473 g/mol. The Kier molecular flexibility index (Phi) is 8.39. The number of hydrogen-bond acceptors (Lipinski definition) is 4. The summed E-state index contributed by atoms with van der Waals surface area (Å²) in [5.74, 6) is -0.980. The Morgan fingerprint density at radius 1 is 1.12 bits per heavy atom. The van der Waals surface area contributed by atoms with Gasteiger partial charge in [0.15, 0.2) is 0 Å². The third kappa shape index (κ3) is 6.43. The van der Waals surface area contributed by atoms with E-state index in [1.807, 2.05) is 0 Å². The molecule has 1 aromatic carbocycles. The first-order valence-electron chi connectivity index (χ1n) is 11.3. The smallest absolute Gasteiger partial charge is 0.407 e. The lowest BCUT2D eigenvalue weighted by Gasteiger charge is -2.29. The molecule has 9 nitrogen and oxygen atoms in total. The van der Waals surface area contributed by atoms with Gasteiger partial charge in [-0.1, -0.05) is 12.1 Å². The van der Waals surface area contributed by atoms with E-state index in [0.717, 1.165) is 25.7 Å². The van der Waals surface area contributed by atoms with Crippen LogP contribution in [-0.2, 0) is 6.54 Å². The van der Waals surface area contributed by atoms with Crippen LogP contribution in [0.3, 0.4) is 0 Å². The van der Waals surface area contributed by atoms with Crippen molar-refractivity contribution in [3.8, 4) is 0 Å². The summed E-state index contributed by atoms with van der Waals surface area (Å²) in [5.41, 5.74) is 0.128. The standard InChI is InChI=1S/C24H29FN4O5/c1-26-22(31)20-13-18(15-29(23(20)32)14-17-4-6-19(25)7-5-17)21(30)27-10-2-3-16-8-11-28(12-9-16)24(33)34/h4-7,13,15-16H,2-3,8-12,14H2,1H3,(H,26,31)(H,27,30)(H,33,34). The largest absolute Gasteiger partial charge is 0.465 e. The minimum absolute atomic E-state index is 0.0826. The van der Waals surface area contributed by atoms with E-state index in [0.29, 0.717) is 31.1 Å². The monoisotopic (exact) mass is 472 g/mol. The van der Waals surface area contributed by atoms with Gasteiger partial charge in [0.1, 0.15) is 11.4 Å². The first-order valence-corrected chi connectivity index (χ1v) is 11.3. The summed E-state index contributed by atoms with van der Waals surface area (Å²) in [6, 6.07) is 6.91. The number of likely N-dealkylation sites (tertiary alicyclic amines) is 1. The SMILES string of the molecule is CNC(=O)c1cc(C(=O)NCCCC2CCN(C(=O)O)CC2)cn(Cc2ccc(F)cc2)c1=O. The first kappa shape index (κ1) is 24.9. The van der Waals surface area contributed by atoms with E-state index in [2.05, 4.69) is 10.6 Å². The zero-order valence-electron chi connectivity index (χ0n) is 19.1. The lowest BCUT2D eigenvalue weighted by Crippen LogP contribution is -2.37. The molecule has 0 radical (unpaired) electrons. The molecule has 1 aromatic heterocycles. The number of nitrogens with one attached hydrogen (secondary N) is 2. The lowest BCUT2D eigenvalue weighted by molar-refractivity contribution is 0.0948. The maximum atomic E-state index is 13.2. The van der Waals surface area contributed by atoms with Gasteiger partial charge in [-0.25, -0.2) is 9.18 Å². The van der Waals surface area contributed by atoms with E-state index in [4.69, 9.17) is 5.11 Å². The van der Waals surface area contributed by atoms with Crippen molar-refractivity contribution >= 4 is 17.9 Å². The van der Waals surface area contributed by atoms with Crippen molar-refractivity contribution in [3.63, 3.8) is 0 Å². The zero-order chi connectivity index (χ0) is 24.7. The van der Waals surface area contributed by atoms with Crippen molar-refractivity contribution in [3.05, 3.63) is 69.4 Å². The van der Waals surface area contributed by atoms with Gasteiger partial charge in [0, 0.05) is 32.9 Å². The van der Waals surface area contributed by atoms with E-state index in [1.54, 1.807) is 0 Å². The number of amides is 3. The Balaban J connectivity index is 1.63. The summed E-state index contributed by atoms with van der Waals surface area (Å²) in [6.45, 7) is 1.57. The second-order valence-corrected chi connectivity index (χ2v) is 8.39. The number of piperidine rings is 1. The molecule has 1 aliphatic rings. The fourth-order valence-electron chi connectivity index (χ4n) is 4.07. The van der Waals surface area contributed by atoms with E-state index in [-0.39, 0.29) is 17.7 Å². The fourth-order valence-corrected chi connectivity index (χ4v) is 4.07. The van der Waals surface area contributed by atoms with Crippen LogP contribution in [0.25, 0.3) is 0 Å². The van der Waals surface area contributed by atoms with Crippen molar-refractivity contribution in [1.29, 1.82) is 0 Å². The molecule has 0 spiro atoms. The topological polar surface area (TPSA) is 121 Å². The van der Waals surface area contributed by atoms with Gasteiger partial charge in [0.05, 0.1) is 12.1 Å². The highest BCUT2D eigenvalue weighted by Gasteiger charge is 2.22. The quantitative estimate of drug-likeness (QED) is 0.509. The van der Waals surface area contributed by atoms with Crippen LogP contribution < -0.4 is 16.2 Å². The van der Waals surface area contributed by atoms with Gasteiger partial charge in [0.2, 0.25) is 0 Å². The highest BCUT2D eigenvalue weighted by atomic mass is 19.1. The van der Waals surface area contributed by atoms with Gasteiger partial charge in [-0.3, -0.25) is 14.4 Å². The predicted octanol–water partition coefficient (Wildman–Crippen LogP) is 2.30. The predicted molar refractivity (Wildman–Crippen MR) is 123 cm³/mol. The summed E-state index contributed by atoms with van der Waals surface area (Å²) >= 11 is 0. The summed E-state index contributed by atoms with van der Waals surface area (Å²) in [7, 11) is 1.40. The third-order valence-electron chi connectivity index (χ3n) is 6.05.